The Labute approximate surface area is 509 Å². The highest BCUT2D eigenvalue weighted by atomic mass is 16.8. The Kier molecular flexibility index (Phi) is 21.4. The van der Waals surface area contributed by atoms with Gasteiger partial charge in [0.1, 0.15) is 140 Å². The van der Waals surface area contributed by atoms with Gasteiger partial charge in [0.2, 0.25) is 6.29 Å². The van der Waals surface area contributed by atoms with Crippen LogP contribution >= 0.6 is 0 Å². The van der Waals surface area contributed by atoms with Gasteiger partial charge in [0.05, 0.1) is 50.7 Å². The second-order valence-corrected chi connectivity index (χ2v) is 26.4. The fourth-order valence-corrected chi connectivity index (χ4v) is 16.4. The molecule has 6 saturated heterocycles. The van der Waals surface area contributed by atoms with Crippen molar-refractivity contribution in [2.24, 2.45) is 28.1 Å². The Balaban J connectivity index is 0.921. The zero-order valence-electron chi connectivity index (χ0n) is 49.0. The lowest BCUT2D eigenvalue weighted by molar-refractivity contribution is -0.400. The molecule has 0 aromatic rings. The summed E-state index contributed by atoms with van der Waals surface area (Å²) in [6, 6.07) is 0. The van der Waals surface area contributed by atoms with Crippen LogP contribution in [0.1, 0.15) is 71.6 Å². The highest BCUT2D eigenvalue weighted by Crippen LogP contribution is 2.74. The van der Waals surface area contributed by atoms with E-state index >= 15 is 4.79 Å². The summed E-state index contributed by atoms with van der Waals surface area (Å²) in [5.74, 6) is -1.44. The van der Waals surface area contributed by atoms with E-state index in [1.165, 1.54) is 0 Å². The minimum atomic E-state index is -2.08. The zero-order valence-corrected chi connectivity index (χ0v) is 49.0. The molecular weight excluding hydrogens is 1200 g/mol. The molecule has 0 aromatic heterocycles. The van der Waals surface area contributed by atoms with Crippen LogP contribution in [0.3, 0.4) is 0 Å². The smallest absolute Gasteiger partial charge is 0.314 e. The lowest BCUT2D eigenvalue weighted by atomic mass is 9.41. The van der Waals surface area contributed by atoms with Gasteiger partial charge >= 0.3 is 5.97 Å². The van der Waals surface area contributed by atoms with Gasteiger partial charge in [-0.1, -0.05) is 19.9 Å². The molecule has 2 bridgehead atoms. The quantitative estimate of drug-likeness (QED) is 0.0344. The average molecular weight is 1290 g/mol. The van der Waals surface area contributed by atoms with Crippen LogP contribution in [-0.2, 0) is 61.6 Å². The Morgan fingerprint density at radius 1 is 0.427 bits per heavy atom. The van der Waals surface area contributed by atoms with E-state index in [4.69, 9.17) is 56.8 Å². The van der Waals surface area contributed by atoms with Crippen molar-refractivity contribution >= 4 is 5.97 Å². The SMILES string of the molecule is C=C1C[C@@]23CC[C@H]4[C@@](C)(CCC[C@@]4(C)C(=O)O[C@@H]4O[C@H](CO)[C@@H](O)[C@H](O[C@@H]5O[C@H](CO)[C@@H](O)[C@H](O)[C@H]5O)[C@H]4O[C@@H]4O[C@H](CO)[C@@H](O)[C@H](O)[C@H]4O)[C@@H]2CC[C@]1(O[C@@H]1O[C@H](CO)[C@@H](O)[C@H](OC2O[C@H](CO)[C@@H](O)[C@H](O)[C@H]2O)[C@H]1O[C@@H]1O[C@H](CO)[C@@H](O)[C@H](O)[C@H]1O)C3. The summed E-state index contributed by atoms with van der Waals surface area (Å²) in [6.07, 6.45) is -51.9. The van der Waals surface area contributed by atoms with Gasteiger partial charge < -0.3 is 159 Å². The summed E-state index contributed by atoms with van der Waals surface area (Å²) in [5, 5.41) is 215. The van der Waals surface area contributed by atoms with Crippen molar-refractivity contribution in [1.29, 1.82) is 0 Å². The normalized spacial score (nSPS) is 54.5. The molecule has 89 heavy (non-hydrogen) atoms. The van der Waals surface area contributed by atoms with E-state index in [9.17, 15) is 102 Å². The summed E-state index contributed by atoms with van der Waals surface area (Å²) in [6.45, 7) is 3.03. The summed E-state index contributed by atoms with van der Waals surface area (Å²) in [7, 11) is 0. The first-order valence-electron chi connectivity index (χ1n) is 30.4. The monoisotopic (exact) mass is 1290 g/mol. The van der Waals surface area contributed by atoms with E-state index in [-0.39, 0.29) is 25.2 Å². The summed E-state index contributed by atoms with van der Waals surface area (Å²) >= 11 is 0. The number of aliphatic hydroxyl groups is 20. The van der Waals surface area contributed by atoms with Crippen LogP contribution in [0.5, 0.6) is 0 Å². The molecule has 20 N–H and O–H groups in total. The Hall–Kier alpha value is -2.03. The predicted molar refractivity (Wildman–Crippen MR) is 284 cm³/mol. The van der Waals surface area contributed by atoms with Crippen molar-refractivity contribution in [2.75, 3.05) is 39.6 Å². The molecule has 36 atom stereocenters. The fourth-order valence-electron chi connectivity index (χ4n) is 16.4. The van der Waals surface area contributed by atoms with Gasteiger partial charge in [0, 0.05) is 0 Å². The molecule has 33 heteroatoms. The highest BCUT2D eigenvalue weighted by molar-refractivity contribution is 5.77. The van der Waals surface area contributed by atoms with E-state index in [1.807, 2.05) is 0 Å². The van der Waals surface area contributed by atoms with Gasteiger partial charge in [-0.25, -0.2) is 0 Å². The first-order chi connectivity index (χ1) is 42.1. The van der Waals surface area contributed by atoms with Crippen molar-refractivity contribution in [3.05, 3.63) is 12.2 Å². The van der Waals surface area contributed by atoms with Crippen LogP contribution < -0.4 is 0 Å². The Morgan fingerprint density at radius 3 is 1.18 bits per heavy atom. The van der Waals surface area contributed by atoms with Crippen molar-refractivity contribution in [3.8, 4) is 0 Å². The average Bonchev–Trinajstić information content (AvgIpc) is 1.62. The molecule has 0 aromatic carbocycles. The summed E-state index contributed by atoms with van der Waals surface area (Å²) in [4.78, 5) is 15.4. The molecule has 0 radical (unpaired) electrons. The largest absolute Gasteiger partial charge is 0.432 e. The number of carbonyl (C=O) groups is 1. The van der Waals surface area contributed by atoms with Crippen LogP contribution in [-0.4, -0.2) is 338 Å². The molecule has 6 heterocycles. The van der Waals surface area contributed by atoms with Crippen LogP contribution in [0.15, 0.2) is 12.2 Å². The van der Waals surface area contributed by atoms with Crippen LogP contribution in [0.25, 0.3) is 0 Å². The predicted octanol–water partition coefficient (Wildman–Crippen LogP) is -9.47. The highest BCUT2D eigenvalue weighted by Gasteiger charge is 2.70. The third-order valence-electron chi connectivity index (χ3n) is 21.3. The number of carbonyl (C=O) groups excluding carboxylic acids is 1. The maximum Gasteiger partial charge on any atom is 0.314 e. The second kappa shape index (κ2) is 27.2. The Bertz CT molecular complexity index is 2390. The lowest BCUT2D eigenvalue weighted by Gasteiger charge is -2.64. The molecule has 10 aliphatic rings. The molecule has 0 amide bonds. The molecule has 512 valence electrons. The van der Waals surface area contributed by atoms with Gasteiger partial charge in [0.15, 0.2) is 37.6 Å². The number of ether oxygens (including phenoxy) is 12. The minimum Gasteiger partial charge on any atom is -0.432 e. The second-order valence-electron chi connectivity index (χ2n) is 26.4. The number of hydrogen-bond donors (Lipinski definition) is 20. The number of hydrogen-bond acceptors (Lipinski definition) is 33. The van der Waals surface area contributed by atoms with E-state index in [1.54, 1.807) is 6.92 Å². The summed E-state index contributed by atoms with van der Waals surface area (Å²) in [5.41, 5.74) is -3.24. The van der Waals surface area contributed by atoms with Crippen molar-refractivity contribution < 1.29 is 164 Å². The zero-order chi connectivity index (χ0) is 64.7. The third kappa shape index (κ3) is 12.3. The maximum atomic E-state index is 15.4. The number of aliphatic hydroxyl groups excluding tert-OH is 20. The lowest BCUT2D eigenvalue weighted by Crippen LogP contribution is -2.68. The van der Waals surface area contributed by atoms with E-state index < -0.39 is 258 Å². The van der Waals surface area contributed by atoms with Crippen LogP contribution in [0.2, 0.25) is 0 Å². The third-order valence-corrected chi connectivity index (χ3v) is 21.3. The van der Waals surface area contributed by atoms with E-state index in [0.717, 1.165) is 0 Å². The minimum absolute atomic E-state index is 0.154. The van der Waals surface area contributed by atoms with Crippen molar-refractivity contribution in [1.82, 2.24) is 0 Å². The van der Waals surface area contributed by atoms with Gasteiger partial charge in [-0.2, -0.15) is 0 Å². The number of rotatable bonds is 18. The topological polar surface area (TPSA) is 532 Å². The fraction of sp³-hybridized carbons (Fsp3) is 0.946. The van der Waals surface area contributed by atoms with Crippen molar-refractivity contribution in [2.45, 2.75) is 261 Å². The number of esters is 1. The molecule has 1 unspecified atom stereocenters. The standard InChI is InChI=1S/C56H90O33/c1-19-11-55-9-5-26-53(2,7-4-8-54(26,3)52(77)88-50-44(86-48-40(75)36(71)30(65)22(14-59)80-48)42(32(67)24(16-61)82-50)84-46-38(73)34(69)28(63)20(12-57)78-46)27(55)6-10-56(19,18-55)89-51-45(87-49-41(76)37(72)31(66)23(15-60)81-49)43(33(68)25(17-62)83-51)85-47-39(74)35(70)29(64)21(13-58)79-47/h20-51,57-76H,1,4-18H2,2-3H3/t20-,21-,22-,23-,24-,25-,26+,27+,28-,29-,30-,31-,32-,33-,34+,35+,36+,37+,38-,39-,40-,41-,42+,43+,44-,45-,46+,47?,48+,49+,50+,51+,53-,54-,55-,56+/m1/s1. The molecule has 33 nitrogen and oxygen atoms in total. The Morgan fingerprint density at radius 2 is 0.775 bits per heavy atom. The van der Waals surface area contributed by atoms with Gasteiger partial charge in [0.25, 0.3) is 0 Å². The van der Waals surface area contributed by atoms with E-state index in [2.05, 4.69) is 13.5 Å². The first-order valence-corrected chi connectivity index (χ1v) is 30.4. The molecule has 10 rings (SSSR count). The van der Waals surface area contributed by atoms with Gasteiger partial charge in [-0.3, -0.25) is 4.79 Å². The van der Waals surface area contributed by atoms with Crippen LogP contribution in [0, 0.1) is 28.1 Å². The molecule has 4 saturated carbocycles. The molecule has 10 fully saturated rings. The molecule has 4 aliphatic carbocycles. The van der Waals surface area contributed by atoms with Gasteiger partial charge in [-0.15, -0.1) is 0 Å². The summed E-state index contributed by atoms with van der Waals surface area (Å²) < 4.78 is 72.9. The maximum absolute atomic E-state index is 15.4. The first kappa shape index (κ1) is 69.8. The van der Waals surface area contributed by atoms with Crippen molar-refractivity contribution in [3.63, 3.8) is 0 Å². The molecule has 6 aliphatic heterocycles. The number of fused-ring (bicyclic) bond motifs is 3. The molecule has 1 spiro atoms. The van der Waals surface area contributed by atoms with Crippen LogP contribution in [0.4, 0.5) is 0 Å². The van der Waals surface area contributed by atoms with E-state index in [0.29, 0.717) is 44.1 Å². The van der Waals surface area contributed by atoms with Gasteiger partial charge in [-0.05, 0) is 86.5 Å². The molecular formula is C56H90O33.